The Labute approximate surface area is 135 Å². The van der Waals surface area contributed by atoms with Crippen LogP contribution < -0.4 is 4.74 Å². The Morgan fingerprint density at radius 1 is 1.04 bits per heavy atom. The van der Waals surface area contributed by atoms with Crippen LogP contribution in [0.25, 0.3) is 0 Å². The van der Waals surface area contributed by atoms with Gasteiger partial charge >= 0.3 is 0 Å². The predicted octanol–water partition coefficient (Wildman–Crippen LogP) is 4.41. The third-order valence-electron chi connectivity index (χ3n) is 3.18. The molecule has 0 aromatic heterocycles. The van der Waals surface area contributed by atoms with Gasteiger partial charge in [0.1, 0.15) is 6.61 Å². The average molecular weight is 310 g/mol. The summed E-state index contributed by atoms with van der Waals surface area (Å²) in [5.74, 6) is -0.239. The minimum Gasteiger partial charge on any atom is -0.486 e. The third-order valence-corrected chi connectivity index (χ3v) is 3.18. The Balaban J connectivity index is 1.97. The minimum absolute atomic E-state index is 0.196. The quantitative estimate of drug-likeness (QED) is 0.424. The Morgan fingerprint density at radius 3 is 2.30 bits per heavy atom. The molecule has 0 unspecified atom stereocenters. The van der Waals surface area contributed by atoms with Crippen LogP contribution in [0.1, 0.15) is 23.6 Å². The Kier molecular flexibility index (Phi) is 6.24. The van der Waals surface area contributed by atoms with Gasteiger partial charge in [-0.05, 0) is 41.3 Å². The number of benzene rings is 2. The van der Waals surface area contributed by atoms with E-state index in [0.717, 1.165) is 12.0 Å². The second-order valence-electron chi connectivity index (χ2n) is 4.87. The number of hydrogen-bond donors (Lipinski definition) is 0. The SMILES string of the molecule is C=CCOc1ccc(/C=N\N=C\c2ccc(CC)cc2)cc1F. The van der Waals surface area contributed by atoms with Crippen molar-refractivity contribution in [1.82, 2.24) is 0 Å². The van der Waals surface area contributed by atoms with Crippen LogP contribution in [0.15, 0.2) is 65.3 Å². The van der Waals surface area contributed by atoms with Crippen LogP contribution in [0.2, 0.25) is 0 Å². The van der Waals surface area contributed by atoms with Gasteiger partial charge in [0.05, 0.1) is 12.4 Å². The van der Waals surface area contributed by atoms with Gasteiger partial charge in [-0.1, -0.05) is 43.8 Å². The summed E-state index contributed by atoms with van der Waals surface area (Å²) < 4.78 is 18.9. The molecule has 2 aromatic carbocycles. The molecule has 0 atom stereocenters. The van der Waals surface area contributed by atoms with E-state index in [9.17, 15) is 4.39 Å². The normalized spacial score (nSPS) is 11.2. The van der Waals surface area contributed by atoms with Gasteiger partial charge in [-0.25, -0.2) is 4.39 Å². The molecule has 0 amide bonds. The van der Waals surface area contributed by atoms with Gasteiger partial charge in [0.25, 0.3) is 0 Å². The van der Waals surface area contributed by atoms with E-state index in [4.69, 9.17) is 4.74 Å². The molecule has 4 heteroatoms. The van der Waals surface area contributed by atoms with Gasteiger partial charge in [-0.15, -0.1) is 0 Å². The lowest BCUT2D eigenvalue weighted by Gasteiger charge is -2.04. The highest BCUT2D eigenvalue weighted by molar-refractivity contribution is 5.82. The van der Waals surface area contributed by atoms with E-state index in [1.54, 1.807) is 24.4 Å². The van der Waals surface area contributed by atoms with Crippen molar-refractivity contribution >= 4 is 12.4 Å². The minimum atomic E-state index is -0.435. The Bertz CT molecular complexity index is 706. The lowest BCUT2D eigenvalue weighted by Crippen LogP contribution is -1.96. The van der Waals surface area contributed by atoms with Crippen LogP contribution in [0, 0.1) is 5.82 Å². The van der Waals surface area contributed by atoms with E-state index < -0.39 is 5.82 Å². The van der Waals surface area contributed by atoms with Crippen LogP contribution in [-0.2, 0) is 6.42 Å². The lowest BCUT2D eigenvalue weighted by molar-refractivity contribution is 0.342. The first-order chi connectivity index (χ1) is 11.2. The molecule has 0 aliphatic carbocycles. The molecular weight excluding hydrogens is 291 g/mol. The smallest absolute Gasteiger partial charge is 0.165 e. The summed E-state index contributed by atoms with van der Waals surface area (Å²) in [6.45, 7) is 5.90. The first-order valence-corrected chi connectivity index (χ1v) is 7.41. The molecule has 3 nitrogen and oxygen atoms in total. The van der Waals surface area contributed by atoms with Crippen LogP contribution in [0.4, 0.5) is 4.39 Å². The van der Waals surface area contributed by atoms with E-state index in [0.29, 0.717) is 5.56 Å². The third kappa shape index (κ3) is 5.18. The molecule has 0 aliphatic heterocycles. The predicted molar refractivity (Wildman–Crippen MR) is 93.1 cm³/mol. The number of hydrogen-bond acceptors (Lipinski definition) is 3. The highest BCUT2D eigenvalue weighted by atomic mass is 19.1. The summed E-state index contributed by atoms with van der Waals surface area (Å²) in [5, 5.41) is 7.90. The van der Waals surface area contributed by atoms with Gasteiger partial charge in [-0.3, -0.25) is 0 Å². The van der Waals surface area contributed by atoms with Crippen LogP contribution in [0.5, 0.6) is 5.75 Å². The fraction of sp³-hybridized carbons (Fsp3) is 0.158. The summed E-state index contributed by atoms with van der Waals surface area (Å²) in [5.41, 5.74) is 2.87. The Morgan fingerprint density at radius 2 is 1.70 bits per heavy atom. The standard InChI is InChI=1S/C19H19FN2O/c1-3-11-23-19-10-9-17(12-18(19)20)14-22-21-13-16-7-5-15(4-2)6-8-16/h3,5-10,12-14H,1,4,11H2,2H3/b21-13+,22-14-. The number of nitrogens with zero attached hydrogens (tertiary/aromatic N) is 2. The molecule has 0 aliphatic rings. The molecule has 0 bridgehead atoms. The average Bonchev–Trinajstić information content (AvgIpc) is 2.58. The van der Waals surface area contributed by atoms with Crippen LogP contribution in [0.3, 0.4) is 0 Å². The van der Waals surface area contributed by atoms with E-state index >= 15 is 0 Å². The molecule has 0 saturated carbocycles. The zero-order valence-corrected chi connectivity index (χ0v) is 13.1. The first-order valence-electron chi connectivity index (χ1n) is 7.41. The van der Waals surface area contributed by atoms with Crippen LogP contribution in [-0.4, -0.2) is 19.0 Å². The van der Waals surface area contributed by atoms with E-state index in [1.807, 2.05) is 12.1 Å². The van der Waals surface area contributed by atoms with Gasteiger partial charge < -0.3 is 4.74 Å². The summed E-state index contributed by atoms with van der Waals surface area (Å²) in [6, 6.07) is 12.7. The van der Waals surface area contributed by atoms with Crippen molar-refractivity contribution in [2.75, 3.05) is 6.61 Å². The molecule has 0 radical (unpaired) electrons. The number of halogens is 1. The molecule has 0 spiro atoms. The summed E-state index contributed by atoms with van der Waals surface area (Å²) in [6.07, 6.45) is 5.73. The first kappa shape index (κ1) is 16.6. The summed E-state index contributed by atoms with van der Waals surface area (Å²) in [7, 11) is 0. The molecular formula is C19H19FN2O. The molecule has 2 rings (SSSR count). The van der Waals surface area contributed by atoms with E-state index in [-0.39, 0.29) is 12.4 Å². The highest BCUT2D eigenvalue weighted by Crippen LogP contribution is 2.17. The second kappa shape index (κ2) is 8.63. The fourth-order valence-electron chi connectivity index (χ4n) is 1.90. The topological polar surface area (TPSA) is 34.0 Å². The largest absolute Gasteiger partial charge is 0.486 e. The monoisotopic (exact) mass is 310 g/mol. The van der Waals surface area contributed by atoms with Crippen molar-refractivity contribution in [3.63, 3.8) is 0 Å². The number of aryl methyl sites for hydroxylation is 1. The van der Waals surface area contributed by atoms with Crippen molar-refractivity contribution in [3.05, 3.63) is 77.6 Å². The molecule has 23 heavy (non-hydrogen) atoms. The zero-order chi connectivity index (χ0) is 16.5. The van der Waals surface area contributed by atoms with Crippen LogP contribution >= 0.6 is 0 Å². The molecule has 0 saturated heterocycles. The molecule has 2 aromatic rings. The fourth-order valence-corrected chi connectivity index (χ4v) is 1.90. The maximum Gasteiger partial charge on any atom is 0.165 e. The van der Waals surface area contributed by atoms with Gasteiger partial charge in [0, 0.05) is 0 Å². The summed E-state index contributed by atoms with van der Waals surface area (Å²) >= 11 is 0. The molecule has 0 heterocycles. The van der Waals surface area contributed by atoms with Crippen molar-refractivity contribution < 1.29 is 9.13 Å². The molecule has 0 N–H and O–H groups in total. The summed E-state index contributed by atoms with van der Waals surface area (Å²) in [4.78, 5) is 0. The number of ether oxygens (including phenoxy) is 1. The lowest BCUT2D eigenvalue weighted by atomic mass is 10.1. The van der Waals surface area contributed by atoms with Crippen molar-refractivity contribution in [3.8, 4) is 5.75 Å². The second-order valence-corrected chi connectivity index (χ2v) is 4.87. The van der Waals surface area contributed by atoms with E-state index in [2.05, 4.69) is 35.8 Å². The molecule has 118 valence electrons. The van der Waals surface area contributed by atoms with Crippen molar-refractivity contribution in [2.45, 2.75) is 13.3 Å². The van der Waals surface area contributed by atoms with Gasteiger partial charge in [-0.2, -0.15) is 10.2 Å². The molecule has 0 fully saturated rings. The zero-order valence-electron chi connectivity index (χ0n) is 13.1. The Hall–Kier alpha value is -2.75. The van der Waals surface area contributed by atoms with Crippen molar-refractivity contribution in [1.29, 1.82) is 0 Å². The van der Waals surface area contributed by atoms with Gasteiger partial charge in [0.15, 0.2) is 11.6 Å². The maximum atomic E-state index is 13.8. The van der Waals surface area contributed by atoms with Gasteiger partial charge in [0.2, 0.25) is 0 Å². The van der Waals surface area contributed by atoms with Crippen molar-refractivity contribution in [2.24, 2.45) is 10.2 Å². The van der Waals surface area contributed by atoms with E-state index in [1.165, 1.54) is 17.8 Å². The highest BCUT2D eigenvalue weighted by Gasteiger charge is 2.02. The number of rotatable bonds is 7. The maximum absolute atomic E-state index is 13.8.